The van der Waals surface area contributed by atoms with Crippen LogP contribution in [-0.4, -0.2) is 31.1 Å². The van der Waals surface area contributed by atoms with E-state index in [2.05, 4.69) is 27.0 Å². The number of methoxy groups -OCH3 is 1. The van der Waals surface area contributed by atoms with E-state index < -0.39 is 11.9 Å². The van der Waals surface area contributed by atoms with Gasteiger partial charge in [0.1, 0.15) is 5.75 Å². The fourth-order valence-electron chi connectivity index (χ4n) is 2.61. The van der Waals surface area contributed by atoms with Gasteiger partial charge in [-0.3, -0.25) is 9.53 Å². The topological polar surface area (TPSA) is 72.5 Å². The number of hydrogen-bond acceptors (Lipinski definition) is 5. The lowest BCUT2D eigenvalue weighted by atomic mass is 10.0. The smallest absolute Gasteiger partial charge is 0.427 e. The van der Waals surface area contributed by atoms with Crippen LogP contribution in [0.5, 0.6) is 5.75 Å². The lowest BCUT2D eigenvalue weighted by Crippen LogP contribution is -2.18. The molecule has 1 N–H and O–H groups in total. The number of rotatable bonds is 5. The zero-order chi connectivity index (χ0) is 20.2. The highest BCUT2D eigenvalue weighted by atomic mass is 19.3. The minimum absolute atomic E-state index is 0.0774. The minimum atomic E-state index is -3.26. The molecule has 2 aliphatic heterocycles. The molecule has 28 heavy (non-hydrogen) atoms. The molecule has 0 aliphatic carbocycles. The summed E-state index contributed by atoms with van der Waals surface area (Å²) in [7, 11) is 1.67. The Balaban J connectivity index is 0.000000211. The van der Waals surface area contributed by atoms with Crippen molar-refractivity contribution in [3.63, 3.8) is 0 Å². The number of epoxide rings is 1. The number of hydrogen-bond donors (Lipinski definition) is 1. The number of nitrogens with one attached hydrogen (secondary N) is 1. The van der Waals surface area contributed by atoms with Crippen LogP contribution in [-0.2, 0) is 20.9 Å². The molecule has 1 atom stereocenters. The first-order valence-electron chi connectivity index (χ1n) is 8.59. The molecule has 2 aromatic carbocycles. The number of aryl methyl sites for hydroxylation is 1. The van der Waals surface area contributed by atoms with Gasteiger partial charge in [0, 0.05) is 6.54 Å². The van der Waals surface area contributed by atoms with Crippen molar-refractivity contribution < 1.29 is 27.9 Å². The molecule has 1 spiro atoms. The average molecular weight is 390 g/mol. The molecule has 6 nitrogen and oxygen atoms in total. The zero-order valence-corrected chi connectivity index (χ0v) is 15.4. The third-order valence-corrected chi connectivity index (χ3v) is 4.33. The maximum atomic E-state index is 12.9. The van der Waals surface area contributed by atoms with Gasteiger partial charge in [0.25, 0.3) is 0 Å². The van der Waals surface area contributed by atoms with Gasteiger partial charge in [-0.25, -0.2) is 0 Å². The molecule has 1 saturated heterocycles. The summed E-state index contributed by atoms with van der Waals surface area (Å²) in [5.41, 5.74) is 3.28. The SMILES string of the molecule is COc1ccc(C)cc1.O=CNCc1ccc(C2=NOC3(C2)OC3(F)F)cc1. The molecule has 2 heterocycles. The summed E-state index contributed by atoms with van der Waals surface area (Å²) < 4.78 is 35.1. The first-order chi connectivity index (χ1) is 13.4. The number of benzene rings is 2. The quantitative estimate of drug-likeness (QED) is 0.628. The summed E-state index contributed by atoms with van der Waals surface area (Å²) >= 11 is 0. The van der Waals surface area contributed by atoms with Gasteiger partial charge in [0.05, 0.1) is 19.2 Å². The Kier molecular flexibility index (Phi) is 5.60. The fraction of sp³-hybridized carbons (Fsp3) is 0.300. The Morgan fingerprint density at radius 1 is 1.18 bits per heavy atom. The van der Waals surface area contributed by atoms with Gasteiger partial charge in [-0.05, 0) is 30.2 Å². The fourth-order valence-corrected chi connectivity index (χ4v) is 2.61. The molecule has 0 bridgehead atoms. The van der Waals surface area contributed by atoms with Crippen LogP contribution in [0.25, 0.3) is 0 Å². The predicted molar refractivity (Wildman–Crippen MR) is 98.1 cm³/mol. The van der Waals surface area contributed by atoms with Crippen LogP contribution in [0.4, 0.5) is 8.78 Å². The second kappa shape index (κ2) is 7.93. The van der Waals surface area contributed by atoms with Gasteiger partial charge in [0.2, 0.25) is 6.41 Å². The predicted octanol–water partition coefficient (Wildman–Crippen LogP) is 3.38. The maximum Gasteiger partial charge on any atom is 0.427 e. The van der Waals surface area contributed by atoms with Crippen LogP contribution in [0.2, 0.25) is 0 Å². The highest BCUT2D eigenvalue weighted by Crippen LogP contribution is 2.56. The monoisotopic (exact) mass is 390 g/mol. The Labute approximate surface area is 161 Å². The number of carbonyl (C=O) groups excluding carboxylic acids is 1. The summed E-state index contributed by atoms with van der Waals surface area (Å²) in [5, 5.41) is 6.18. The van der Waals surface area contributed by atoms with E-state index in [1.807, 2.05) is 24.3 Å². The molecule has 0 saturated carbocycles. The van der Waals surface area contributed by atoms with E-state index in [9.17, 15) is 13.6 Å². The third kappa shape index (κ3) is 4.28. The standard InChI is InChI=1S/C12H10F2N2O3.C8H10O/c13-12(14)11(18-12)5-10(16-19-11)9-3-1-8(2-4-9)6-15-7-17;1-7-3-5-8(9-2)6-4-7/h1-4,7H,5-6H2,(H,15,17);3-6H,1-2H3. The Morgan fingerprint density at radius 3 is 2.32 bits per heavy atom. The summed E-state index contributed by atoms with van der Waals surface area (Å²) in [5.74, 6) is -0.972. The summed E-state index contributed by atoms with van der Waals surface area (Å²) in [6.45, 7) is 2.47. The van der Waals surface area contributed by atoms with Crippen molar-refractivity contribution in [3.8, 4) is 5.75 Å². The zero-order valence-electron chi connectivity index (χ0n) is 15.4. The van der Waals surface area contributed by atoms with Gasteiger partial charge < -0.3 is 14.9 Å². The van der Waals surface area contributed by atoms with Crippen LogP contribution in [0.15, 0.2) is 53.7 Å². The van der Waals surface area contributed by atoms with E-state index in [4.69, 9.17) is 4.74 Å². The van der Waals surface area contributed by atoms with Crippen LogP contribution >= 0.6 is 0 Å². The van der Waals surface area contributed by atoms with E-state index >= 15 is 0 Å². The number of carbonyl (C=O) groups is 1. The van der Waals surface area contributed by atoms with Crippen LogP contribution < -0.4 is 10.1 Å². The molecule has 0 radical (unpaired) electrons. The van der Waals surface area contributed by atoms with E-state index in [1.165, 1.54) is 5.56 Å². The molecule has 1 unspecified atom stereocenters. The molecule has 2 aliphatic rings. The van der Waals surface area contributed by atoms with E-state index in [1.54, 1.807) is 31.4 Å². The number of nitrogens with zero attached hydrogens (tertiary/aromatic N) is 1. The molecule has 4 rings (SSSR count). The Morgan fingerprint density at radius 2 is 1.82 bits per heavy atom. The van der Waals surface area contributed by atoms with Crippen molar-refractivity contribution in [2.24, 2.45) is 5.16 Å². The molecule has 2 aromatic rings. The molecule has 1 amide bonds. The normalized spacial score (nSPS) is 21.1. The lowest BCUT2D eigenvalue weighted by Gasteiger charge is -2.02. The molecular formula is C20H20F2N2O4. The molecule has 0 aromatic heterocycles. The largest absolute Gasteiger partial charge is 0.497 e. The molecule has 1 fully saturated rings. The van der Waals surface area contributed by atoms with Crippen molar-refractivity contribution >= 4 is 12.1 Å². The number of ether oxygens (including phenoxy) is 2. The van der Waals surface area contributed by atoms with Crippen molar-refractivity contribution in [2.75, 3.05) is 7.11 Å². The molecule has 8 heteroatoms. The number of oxime groups is 1. The molecular weight excluding hydrogens is 370 g/mol. The Bertz CT molecular complexity index is 854. The second-order valence-corrected chi connectivity index (χ2v) is 6.39. The number of halogens is 2. The number of alkyl halides is 2. The van der Waals surface area contributed by atoms with Crippen LogP contribution in [0, 0.1) is 6.92 Å². The van der Waals surface area contributed by atoms with Gasteiger partial charge in [0.15, 0.2) is 0 Å². The highest BCUT2D eigenvalue weighted by molar-refractivity contribution is 6.01. The first kappa shape index (κ1) is 19.8. The second-order valence-electron chi connectivity index (χ2n) is 6.39. The summed E-state index contributed by atoms with van der Waals surface area (Å²) in [4.78, 5) is 14.8. The first-order valence-corrected chi connectivity index (χ1v) is 8.59. The minimum Gasteiger partial charge on any atom is -0.497 e. The van der Waals surface area contributed by atoms with Crippen molar-refractivity contribution in [1.82, 2.24) is 5.32 Å². The van der Waals surface area contributed by atoms with E-state index in [0.717, 1.165) is 11.3 Å². The average Bonchev–Trinajstić information content (AvgIpc) is 3.02. The van der Waals surface area contributed by atoms with Crippen molar-refractivity contribution in [2.45, 2.75) is 31.8 Å². The van der Waals surface area contributed by atoms with Gasteiger partial charge in [-0.1, -0.05) is 47.1 Å². The lowest BCUT2D eigenvalue weighted by molar-refractivity contribution is -0.109. The van der Waals surface area contributed by atoms with Gasteiger partial charge >= 0.3 is 11.9 Å². The summed E-state index contributed by atoms with van der Waals surface area (Å²) in [6, 6.07) is 15.0. The Hall–Kier alpha value is -3.00. The van der Waals surface area contributed by atoms with Crippen molar-refractivity contribution in [3.05, 3.63) is 65.2 Å². The van der Waals surface area contributed by atoms with Crippen LogP contribution in [0.1, 0.15) is 23.1 Å². The molecule has 148 valence electrons. The van der Waals surface area contributed by atoms with E-state index in [0.29, 0.717) is 24.2 Å². The van der Waals surface area contributed by atoms with Crippen molar-refractivity contribution in [1.29, 1.82) is 0 Å². The summed E-state index contributed by atoms with van der Waals surface area (Å²) in [6.07, 6.45) is -2.73. The maximum absolute atomic E-state index is 12.9. The third-order valence-electron chi connectivity index (χ3n) is 4.33. The van der Waals surface area contributed by atoms with Gasteiger partial charge in [-0.15, -0.1) is 0 Å². The highest BCUT2D eigenvalue weighted by Gasteiger charge is 2.80. The van der Waals surface area contributed by atoms with Gasteiger partial charge in [-0.2, -0.15) is 8.78 Å². The van der Waals surface area contributed by atoms with E-state index in [-0.39, 0.29) is 6.42 Å². The number of amides is 1. The van der Waals surface area contributed by atoms with Crippen LogP contribution in [0.3, 0.4) is 0 Å².